The van der Waals surface area contributed by atoms with Crippen LogP contribution in [0.15, 0.2) is 52.1 Å². The van der Waals surface area contributed by atoms with Crippen molar-refractivity contribution in [2.45, 2.75) is 12.8 Å². The topological polar surface area (TPSA) is 73.2 Å². The van der Waals surface area contributed by atoms with Gasteiger partial charge in [0.2, 0.25) is 0 Å². The van der Waals surface area contributed by atoms with Crippen molar-refractivity contribution in [2.75, 3.05) is 24.4 Å². The lowest BCUT2D eigenvalue weighted by Gasteiger charge is -2.15. The molecule has 1 aliphatic rings. The number of para-hydroxylation sites is 1. The zero-order chi connectivity index (χ0) is 16.7. The molecule has 0 amide bonds. The van der Waals surface area contributed by atoms with E-state index in [1.807, 2.05) is 53.9 Å². The van der Waals surface area contributed by atoms with Crippen LogP contribution in [0.4, 0.5) is 5.69 Å². The van der Waals surface area contributed by atoms with Crippen molar-refractivity contribution in [2.24, 2.45) is 5.10 Å². The van der Waals surface area contributed by atoms with E-state index in [1.54, 1.807) is 5.01 Å². The maximum Gasteiger partial charge on any atom is 0.264 e. The molecule has 0 atom stereocenters. The number of anilines is 1. The molecule has 0 unspecified atom stereocenters. The summed E-state index contributed by atoms with van der Waals surface area (Å²) in [5.74, 6) is 2.81. The Morgan fingerprint density at radius 3 is 2.74 bits per heavy atom. The number of thioether (sulfide) groups is 1. The van der Waals surface area contributed by atoms with E-state index >= 15 is 0 Å². The second kappa shape index (κ2) is 8.21. The molecule has 0 radical (unpaired) electrons. The van der Waals surface area contributed by atoms with Crippen LogP contribution in [0, 0.1) is 0 Å². The maximum absolute atomic E-state index is 10.7. The number of benzene rings is 1. The van der Waals surface area contributed by atoms with Gasteiger partial charge in [-0.15, -0.1) is 5.10 Å². The van der Waals surface area contributed by atoms with Crippen LogP contribution in [0.2, 0.25) is 0 Å². The van der Waals surface area contributed by atoms with Crippen molar-refractivity contribution in [1.29, 1.82) is 0 Å². The minimum absolute atomic E-state index is 0.207. The van der Waals surface area contributed by atoms with Gasteiger partial charge in [0, 0.05) is 25.7 Å². The molecule has 0 fully saturated rings. The second-order valence-electron chi connectivity index (χ2n) is 4.97. The minimum atomic E-state index is -3.87. The van der Waals surface area contributed by atoms with Crippen molar-refractivity contribution in [3.63, 3.8) is 0 Å². The quantitative estimate of drug-likeness (QED) is 0.352. The highest BCUT2D eigenvalue weighted by Crippen LogP contribution is 2.27. The summed E-state index contributed by atoms with van der Waals surface area (Å²) in [6.45, 7) is 0.659. The number of hydrazone groups is 1. The van der Waals surface area contributed by atoms with E-state index in [-0.39, 0.29) is 5.75 Å². The van der Waals surface area contributed by atoms with E-state index in [0.29, 0.717) is 19.4 Å². The summed E-state index contributed by atoms with van der Waals surface area (Å²) in [6, 6.07) is 9.76. The Morgan fingerprint density at radius 2 is 2.04 bits per heavy atom. The molecule has 8 heteroatoms. The van der Waals surface area contributed by atoms with Crippen molar-refractivity contribution >= 4 is 33.4 Å². The zero-order valence-corrected chi connectivity index (χ0v) is 14.4. The molecule has 0 spiro atoms. The summed E-state index contributed by atoms with van der Waals surface area (Å²) in [7, 11) is -2.02. The van der Waals surface area contributed by atoms with E-state index in [0.717, 1.165) is 10.7 Å². The SMILES string of the molecule is CN(N=C=C1SC=CN1CCCCS(=O)(=O)O)c1ccccc1. The van der Waals surface area contributed by atoms with Crippen LogP contribution in [0.5, 0.6) is 0 Å². The zero-order valence-electron chi connectivity index (χ0n) is 12.8. The highest BCUT2D eigenvalue weighted by molar-refractivity contribution is 8.06. The third-order valence-corrected chi connectivity index (χ3v) is 4.77. The molecule has 1 aromatic rings. The first-order valence-corrected chi connectivity index (χ1v) is 9.62. The normalized spacial score (nSPS) is 14.0. The van der Waals surface area contributed by atoms with Crippen LogP contribution >= 0.6 is 11.8 Å². The Balaban J connectivity index is 1.92. The summed E-state index contributed by atoms with van der Waals surface area (Å²) < 4.78 is 30.1. The fraction of sp³-hybridized carbons (Fsp3) is 0.333. The molecule has 6 nitrogen and oxygen atoms in total. The van der Waals surface area contributed by atoms with Gasteiger partial charge in [0.25, 0.3) is 10.1 Å². The summed E-state index contributed by atoms with van der Waals surface area (Å²) in [5, 5.41) is 8.83. The van der Waals surface area contributed by atoms with Crippen molar-refractivity contribution in [3.8, 4) is 0 Å². The standard InChI is InChI=1S/C15H19N3O3S2/c1-17(14-7-3-2-4-8-14)16-13-15-18(10-11-22-15)9-5-6-12-23(19,20)21/h2-4,7-8,10-11H,5-6,9,12H2,1H3,(H,19,20,21). The predicted octanol–water partition coefficient (Wildman–Crippen LogP) is 2.74. The lowest BCUT2D eigenvalue weighted by Crippen LogP contribution is -2.16. The Hall–Kier alpha value is -1.73. The maximum atomic E-state index is 10.7. The van der Waals surface area contributed by atoms with Gasteiger partial charge in [0.1, 0.15) is 5.03 Å². The van der Waals surface area contributed by atoms with Gasteiger partial charge >= 0.3 is 0 Å². The molecule has 0 bridgehead atoms. The largest absolute Gasteiger partial charge is 0.334 e. The Bertz CT molecular complexity index is 711. The predicted molar refractivity (Wildman–Crippen MR) is 94.9 cm³/mol. The molecular formula is C15H19N3O3S2. The Labute approximate surface area is 140 Å². The second-order valence-corrected chi connectivity index (χ2v) is 7.43. The van der Waals surface area contributed by atoms with Crippen LogP contribution in [0.3, 0.4) is 0 Å². The van der Waals surface area contributed by atoms with Crippen LogP contribution in [0.25, 0.3) is 0 Å². The fourth-order valence-electron chi connectivity index (χ4n) is 1.96. The van der Waals surface area contributed by atoms with Crippen LogP contribution in [-0.4, -0.2) is 43.1 Å². The van der Waals surface area contributed by atoms with Crippen molar-refractivity contribution in [3.05, 3.63) is 47.0 Å². The van der Waals surface area contributed by atoms with E-state index in [9.17, 15) is 8.42 Å². The minimum Gasteiger partial charge on any atom is -0.334 e. The van der Waals surface area contributed by atoms with Gasteiger partial charge in [0.15, 0.2) is 0 Å². The lowest BCUT2D eigenvalue weighted by atomic mass is 10.3. The molecular weight excluding hydrogens is 334 g/mol. The van der Waals surface area contributed by atoms with Gasteiger partial charge in [-0.05, 0) is 30.4 Å². The molecule has 1 aromatic carbocycles. The number of rotatable bonds is 7. The van der Waals surface area contributed by atoms with Crippen LogP contribution < -0.4 is 5.01 Å². The smallest absolute Gasteiger partial charge is 0.264 e. The molecule has 2 rings (SSSR count). The molecule has 0 aromatic heterocycles. The molecule has 1 N–H and O–H groups in total. The average Bonchev–Trinajstić information content (AvgIpc) is 2.96. The lowest BCUT2D eigenvalue weighted by molar-refractivity contribution is 0.465. The van der Waals surface area contributed by atoms with Crippen LogP contribution in [0.1, 0.15) is 12.8 Å². The molecule has 0 saturated heterocycles. The van der Waals surface area contributed by atoms with Gasteiger partial charge in [-0.25, -0.2) is 0 Å². The summed E-state index contributed by atoms with van der Waals surface area (Å²) in [5.41, 5.74) is 0.969. The molecule has 0 saturated carbocycles. The number of hydrogen-bond acceptors (Lipinski definition) is 6. The molecule has 1 heterocycles. The number of hydrogen-bond donors (Lipinski definition) is 1. The van der Waals surface area contributed by atoms with Gasteiger partial charge in [-0.2, -0.15) is 8.42 Å². The van der Waals surface area contributed by atoms with Gasteiger partial charge in [-0.1, -0.05) is 30.0 Å². The highest BCUT2D eigenvalue weighted by atomic mass is 32.2. The first kappa shape index (κ1) is 17.6. The highest BCUT2D eigenvalue weighted by Gasteiger charge is 2.13. The van der Waals surface area contributed by atoms with Gasteiger partial charge in [-0.3, -0.25) is 9.56 Å². The third-order valence-electron chi connectivity index (χ3n) is 3.16. The molecule has 23 heavy (non-hydrogen) atoms. The fourth-order valence-corrected chi connectivity index (χ4v) is 3.24. The Kier molecular flexibility index (Phi) is 6.29. The molecule has 0 aliphatic carbocycles. The molecule has 124 valence electrons. The van der Waals surface area contributed by atoms with Crippen molar-refractivity contribution in [1.82, 2.24) is 4.90 Å². The average molecular weight is 353 g/mol. The monoisotopic (exact) mass is 353 g/mol. The van der Waals surface area contributed by atoms with Gasteiger partial charge in [0.05, 0.1) is 11.4 Å². The summed E-state index contributed by atoms with van der Waals surface area (Å²) in [6.07, 6.45) is 2.99. The van der Waals surface area contributed by atoms with Crippen LogP contribution in [-0.2, 0) is 10.1 Å². The Morgan fingerprint density at radius 1 is 1.30 bits per heavy atom. The number of unbranched alkanes of at least 4 members (excludes halogenated alkanes) is 1. The van der Waals surface area contributed by atoms with E-state index in [1.165, 1.54) is 11.8 Å². The van der Waals surface area contributed by atoms with E-state index < -0.39 is 10.1 Å². The van der Waals surface area contributed by atoms with E-state index in [2.05, 4.69) is 11.0 Å². The molecule has 1 aliphatic heterocycles. The van der Waals surface area contributed by atoms with Crippen molar-refractivity contribution < 1.29 is 13.0 Å². The first-order chi connectivity index (χ1) is 11.0. The third kappa shape index (κ3) is 6.11. The van der Waals surface area contributed by atoms with Gasteiger partial charge < -0.3 is 4.90 Å². The first-order valence-electron chi connectivity index (χ1n) is 7.13. The summed E-state index contributed by atoms with van der Waals surface area (Å²) in [4.78, 5) is 1.97. The van der Waals surface area contributed by atoms with E-state index in [4.69, 9.17) is 4.55 Å². The number of nitrogens with zero attached hydrogens (tertiary/aromatic N) is 3. The summed E-state index contributed by atoms with van der Waals surface area (Å²) >= 11 is 1.51.